The third-order valence-electron chi connectivity index (χ3n) is 5.42. The van der Waals surface area contributed by atoms with E-state index in [1.165, 1.54) is 12.0 Å². The van der Waals surface area contributed by atoms with Gasteiger partial charge in [0.25, 0.3) is 0 Å². The first-order valence-corrected chi connectivity index (χ1v) is 11.6. The van der Waals surface area contributed by atoms with Gasteiger partial charge in [-0.05, 0) is 37.2 Å². The Morgan fingerprint density at radius 3 is 2.57 bits per heavy atom. The van der Waals surface area contributed by atoms with Crippen molar-refractivity contribution in [1.29, 1.82) is 0 Å². The maximum Gasteiger partial charge on any atom is 0.191 e. The lowest BCUT2D eigenvalue weighted by Crippen LogP contribution is -2.51. The molecular weight excluding hydrogens is 376 g/mol. The van der Waals surface area contributed by atoms with Crippen LogP contribution in [0.5, 0.6) is 0 Å². The standard InChI is InChI=1S/C24H42N4O2/c1-21(2)19-23(28-13-17-30-18-14-28)20-27-24(25-3)26-12-7-8-15-29-16-11-22-9-5-4-6-10-22/h4-6,9-10,21,23H,7-8,11-20H2,1-3H3,(H2,25,26,27). The molecule has 1 aliphatic heterocycles. The Bertz CT molecular complexity index is 574. The lowest BCUT2D eigenvalue weighted by molar-refractivity contribution is 0.0132. The summed E-state index contributed by atoms with van der Waals surface area (Å²) in [6.07, 6.45) is 4.30. The number of ether oxygens (including phenoxy) is 2. The van der Waals surface area contributed by atoms with Gasteiger partial charge in [0.2, 0.25) is 0 Å². The Kier molecular flexibility index (Phi) is 12.5. The van der Waals surface area contributed by atoms with Gasteiger partial charge in [-0.2, -0.15) is 0 Å². The number of morpholine rings is 1. The van der Waals surface area contributed by atoms with Crippen LogP contribution in [-0.4, -0.2) is 76.6 Å². The molecule has 1 aliphatic rings. The van der Waals surface area contributed by atoms with Crippen LogP contribution in [0.15, 0.2) is 35.3 Å². The number of hydrogen-bond acceptors (Lipinski definition) is 4. The summed E-state index contributed by atoms with van der Waals surface area (Å²) >= 11 is 0. The number of hydrogen-bond donors (Lipinski definition) is 2. The monoisotopic (exact) mass is 418 g/mol. The van der Waals surface area contributed by atoms with Gasteiger partial charge in [0, 0.05) is 45.9 Å². The van der Waals surface area contributed by atoms with E-state index in [2.05, 4.69) is 58.6 Å². The zero-order chi connectivity index (χ0) is 21.4. The van der Waals surface area contributed by atoms with Crippen LogP contribution in [0.4, 0.5) is 0 Å². The van der Waals surface area contributed by atoms with E-state index in [1.807, 2.05) is 13.1 Å². The third-order valence-corrected chi connectivity index (χ3v) is 5.42. The second kappa shape index (κ2) is 15.2. The van der Waals surface area contributed by atoms with Crippen LogP contribution in [0.3, 0.4) is 0 Å². The van der Waals surface area contributed by atoms with Crippen molar-refractivity contribution in [3.05, 3.63) is 35.9 Å². The molecule has 1 heterocycles. The molecule has 1 fully saturated rings. The first kappa shape index (κ1) is 24.6. The summed E-state index contributed by atoms with van der Waals surface area (Å²) in [5.74, 6) is 1.57. The van der Waals surface area contributed by atoms with Crippen molar-refractivity contribution >= 4 is 5.96 Å². The van der Waals surface area contributed by atoms with Crippen molar-refractivity contribution in [2.45, 2.75) is 45.6 Å². The largest absolute Gasteiger partial charge is 0.381 e. The van der Waals surface area contributed by atoms with E-state index in [9.17, 15) is 0 Å². The highest BCUT2D eigenvalue weighted by Crippen LogP contribution is 2.13. The molecule has 1 aromatic rings. The normalized spacial score (nSPS) is 16.6. The molecule has 0 radical (unpaired) electrons. The number of benzene rings is 1. The molecule has 0 saturated carbocycles. The van der Waals surface area contributed by atoms with Gasteiger partial charge >= 0.3 is 0 Å². The lowest BCUT2D eigenvalue weighted by Gasteiger charge is -2.35. The minimum Gasteiger partial charge on any atom is -0.381 e. The summed E-state index contributed by atoms with van der Waals surface area (Å²) < 4.78 is 11.3. The van der Waals surface area contributed by atoms with Crippen LogP contribution < -0.4 is 10.6 Å². The van der Waals surface area contributed by atoms with Gasteiger partial charge in [-0.15, -0.1) is 0 Å². The van der Waals surface area contributed by atoms with Gasteiger partial charge in [-0.1, -0.05) is 44.2 Å². The average Bonchev–Trinajstić information content (AvgIpc) is 2.77. The fourth-order valence-corrected chi connectivity index (χ4v) is 3.76. The molecule has 0 spiro atoms. The van der Waals surface area contributed by atoms with Crippen molar-refractivity contribution in [1.82, 2.24) is 15.5 Å². The van der Waals surface area contributed by atoms with E-state index >= 15 is 0 Å². The molecule has 6 nitrogen and oxygen atoms in total. The Morgan fingerprint density at radius 2 is 1.87 bits per heavy atom. The predicted molar refractivity (Wildman–Crippen MR) is 125 cm³/mol. The molecule has 0 amide bonds. The SMILES string of the molecule is CN=C(NCCCCOCCc1ccccc1)NCC(CC(C)C)N1CCOCC1. The highest BCUT2D eigenvalue weighted by molar-refractivity contribution is 5.79. The summed E-state index contributed by atoms with van der Waals surface area (Å²) in [7, 11) is 1.84. The summed E-state index contributed by atoms with van der Waals surface area (Å²) in [5.41, 5.74) is 1.34. The van der Waals surface area contributed by atoms with Gasteiger partial charge in [0.15, 0.2) is 5.96 Å². The molecule has 0 bridgehead atoms. The molecule has 1 unspecified atom stereocenters. The van der Waals surface area contributed by atoms with Gasteiger partial charge in [0.05, 0.1) is 19.8 Å². The fourth-order valence-electron chi connectivity index (χ4n) is 3.76. The maximum atomic E-state index is 5.76. The number of aliphatic imine (C=N–C) groups is 1. The van der Waals surface area contributed by atoms with Crippen molar-refractivity contribution in [3.8, 4) is 0 Å². The van der Waals surface area contributed by atoms with Crippen molar-refractivity contribution < 1.29 is 9.47 Å². The van der Waals surface area contributed by atoms with Gasteiger partial charge < -0.3 is 20.1 Å². The molecule has 2 rings (SSSR count). The Balaban J connectivity index is 1.55. The van der Waals surface area contributed by atoms with Crippen LogP contribution in [0.1, 0.15) is 38.7 Å². The van der Waals surface area contributed by atoms with Crippen LogP contribution >= 0.6 is 0 Å². The lowest BCUT2D eigenvalue weighted by atomic mass is 10.0. The van der Waals surface area contributed by atoms with E-state index in [0.717, 1.165) is 77.8 Å². The zero-order valence-corrected chi connectivity index (χ0v) is 19.2. The molecule has 0 aliphatic carbocycles. The Morgan fingerprint density at radius 1 is 1.10 bits per heavy atom. The topological polar surface area (TPSA) is 58.1 Å². The van der Waals surface area contributed by atoms with Gasteiger partial charge in [0.1, 0.15) is 0 Å². The maximum absolute atomic E-state index is 5.76. The molecule has 0 aromatic heterocycles. The van der Waals surface area contributed by atoms with Gasteiger partial charge in [-0.3, -0.25) is 9.89 Å². The molecule has 6 heteroatoms. The van der Waals surface area contributed by atoms with Crippen molar-refractivity contribution in [2.24, 2.45) is 10.9 Å². The molecular formula is C24H42N4O2. The molecule has 2 N–H and O–H groups in total. The summed E-state index contributed by atoms with van der Waals surface area (Å²) in [5, 5.41) is 6.96. The first-order chi connectivity index (χ1) is 14.7. The van der Waals surface area contributed by atoms with Crippen LogP contribution in [0.2, 0.25) is 0 Å². The number of nitrogens with one attached hydrogen (secondary N) is 2. The minimum atomic E-state index is 0.519. The van der Waals surface area contributed by atoms with E-state index in [0.29, 0.717) is 12.0 Å². The van der Waals surface area contributed by atoms with Crippen LogP contribution in [0, 0.1) is 5.92 Å². The van der Waals surface area contributed by atoms with Crippen LogP contribution in [0.25, 0.3) is 0 Å². The molecule has 30 heavy (non-hydrogen) atoms. The first-order valence-electron chi connectivity index (χ1n) is 11.6. The number of nitrogens with zero attached hydrogens (tertiary/aromatic N) is 2. The third kappa shape index (κ3) is 10.4. The highest BCUT2D eigenvalue weighted by atomic mass is 16.5. The molecule has 170 valence electrons. The minimum absolute atomic E-state index is 0.519. The molecule has 1 aromatic carbocycles. The zero-order valence-electron chi connectivity index (χ0n) is 19.2. The van der Waals surface area contributed by atoms with E-state index in [4.69, 9.17) is 9.47 Å². The Labute approximate surface area is 183 Å². The average molecular weight is 419 g/mol. The smallest absolute Gasteiger partial charge is 0.191 e. The second-order valence-electron chi connectivity index (χ2n) is 8.37. The summed E-state index contributed by atoms with van der Waals surface area (Å²) in [6.45, 7) is 11.8. The molecule has 1 atom stereocenters. The van der Waals surface area contributed by atoms with Crippen LogP contribution in [-0.2, 0) is 15.9 Å². The van der Waals surface area contributed by atoms with Crippen molar-refractivity contribution in [2.75, 3.05) is 59.7 Å². The van der Waals surface area contributed by atoms with E-state index in [-0.39, 0.29) is 0 Å². The second-order valence-corrected chi connectivity index (χ2v) is 8.37. The van der Waals surface area contributed by atoms with Gasteiger partial charge in [-0.25, -0.2) is 0 Å². The van der Waals surface area contributed by atoms with E-state index < -0.39 is 0 Å². The summed E-state index contributed by atoms with van der Waals surface area (Å²) in [4.78, 5) is 6.94. The quantitative estimate of drug-likeness (QED) is 0.293. The molecule has 1 saturated heterocycles. The van der Waals surface area contributed by atoms with E-state index in [1.54, 1.807) is 0 Å². The predicted octanol–water partition coefficient (Wildman–Crippen LogP) is 2.94. The van der Waals surface area contributed by atoms with Crippen molar-refractivity contribution in [3.63, 3.8) is 0 Å². The highest BCUT2D eigenvalue weighted by Gasteiger charge is 2.22. The fraction of sp³-hybridized carbons (Fsp3) is 0.708. The Hall–Kier alpha value is -1.63. The number of rotatable bonds is 13. The number of guanidine groups is 1. The summed E-state index contributed by atoms with van der Waals surface area (Å²) in [6, 6.07) is 11.0. The number of unbranched alkanes of at least 4 members (excludes halogenated alkanes) is 1.